The summed E-state index contributed by atoms with van der Waals surface area (Å²) in [7, 11) is 0. The van der Waals surface area contributed by atoms with Crippen LogP contribution in [0.3, 0.4) is 0 Å². The highest BCUT2D eigenvalue weighted by atomic mass is 16.1. The third-order valence-corrected chi connectivity index (χ3v) is 3.89. The summed E-state index contributed by atoms with van der Waals surface area (Å²) in [5.74, 6) is 0.605. The van der Waals surface area contributed by atoms with Crippen molar-refractivity contribution in [2.75, 3.05) is 0 Å². The van der Waals surface area contributed by atoms with Gasteiger partial charge in [0, 0.05) is 5.92 Å². The molecule has 1 aliphatic carbocycles. The molecule has 0 radical (unpaired) electrons. The van der Waals surface area contributed by atoms with Crippen molar-refractivity contribution in [1.82, 2.24) is 0 Å². The summed E-state index contributed by atoms with van der Waals surface area (Å²) in [5, 5.41) is 0. The van der Waals surface area contributed by atoms with Gasteiger partial charge in [0.05, 0.1) is 0 Å². The molecule has 1 rings (SSSR count). The number of Topliss-reactive ketones (excluding diaryl/α,β-unsaturated/α-hetero) is 1. The Hall–Kier alpha value is -0.330. The second kappa shape index (κ2) is 18.0. The fourth-order valence-corrected chi connectivity index (χ4v) is 3.31. The third kappa shape index (κ3) is 15.0. The standard InChI is InChI=1S/C13H24O.C3H8.3C2H6/c1-6-13(7-10(2)11(3)14)8-12(4,5)9-13;1-3-2;3*1-2/h10H,6-9H2,1-5H3;3H2,1-2H3;3*1-2H3. The van der Waals surface area contributed by atoms with Crippen molar-refractivity contribution < 1.29 is 4.79 Å². The Kier molecular flexibility index (Phi) is 23.9. The SMILES string of the molecule is CC.CC.CC.CCC.CCC1(CC(C)C(C)=O)CC(C)(C)C1. The summed E-state index contributed by atoms with van der Waals surface area (Å²) in [6, 6.07) is 0. The van der Waals surface area contributed by atoms with E-state index in [0.29, 0.717) is 16.6 Å². The lowest BCUT2D eigenvalue weighted by molar-refractivity contribution is -0.123. The molecule has 0 aromatic rings. The van der Waals surface area contributed by atoms with Gasteiger partial charge in [-0.25, -0.2) is 0 Å². The van der Waals surface area contributed by atoms with Crippen molar-refractivity contribution in [3.8, 4) is 0 Å². The molecule has 0 aromatic heterocycles. The molecule has 1 heteroatoms. The maximum Gasteiger partial charge on any atom is 0.132 e. The molecule has 0 aromatic carbocycles. The van der Waals surface area contributed by atoms with Gasteiger partial charge in [0.1, 0.15) is 5.78 Å². The summed E-state index contributed by atoms with van der Waals surface area (Å²) < 4.78 is 0. The number of carbonyl (C=O) groups excluding carboxylic acids is 1. The van der Waals surface area contributed by atoms with E-state index in [4.69, 9.17) is 0 Å². The highest BCUT2D eigenvalue weighted by Crippen LogP contribution is 2.58. The lowest BCUT2D eigenvalue weighted by atomic mass is 9.51. The zero-order valence-corrected chi connectivity index (χ0v) is 19.0. The van der Waals surface area contributed by atoms with Crippen molar-refractivity contribution in [2.45, 2.75) is 122 Å². The Morgan fingerprint density at radius 3 is 1.39 bits per heavy atom. The zero-order valence-electron chi connectivity index (χ0n) is 19.0. The first-order valence-electron chi connectivity index (χ1n) is 10.2. The molecule has 1 unspecified atom stereocenters. The molecular weight excluding hydrogens is 280 g/mol. The summed E-state index contributed by atoms with van der Waals surface area (Å²) in [5.41, 5.74) is 1.00. The first-order valence-corrected chi connectivity index (χ1v) is 10.2. The van der Waals surface area contributed by atoms with E-state index in [1.807, 2.05) is 41.5 Å². The van der Waals surface area contributed by atoms with Gasteiger partial charge in [-0.3, -0.25) is 4.79 Å². The Balaban J connectivity index is -0.000000171. The average molecular weight is 331 g/mol. The quantitative estimate of drug-likeness (QED) is 0.506. The van der Waals surface area contributed by atoms with Gasteiger partial charge in [0.2, 0.25) is 0 Å². The van der Waals surface area contributed by atoms with Crippen molar-refractivity contribution >= 4 is 5.78 Å². The van der Waals surface area contributed by atoms with Gasteiger partial charge in [-0.15, -0.1) is 0 Å². The van der Waals surface area contributed by atoms with Crippen LogP contribution in [-0.4, -0.2) is 5.78 Å². The zero-order chi connectivity index (χ0) is 19.7. The van der Waals surface area contributed by atoms with Gasteiger partial charge in [0.25, 0.3) is 0 Å². The van der Waals surface area contributed by atoms with Crippen LogP contribution < -0.4 is 0 Å². The second-order valence-electron chi connectivity index (χ2n) is 6.79. The van der Waals surface area contributed by atoms with Crippen molar-refractivity contribution in [3.63, 3.8) is 0 Å². The fourth-order valence-electron chi connectivity index (χ4n) is 3.31. The Bertz CT molecular complexity index is 232. The van der Waals surface area contributed by atoms with E-state index < -0.39 is 0 Å². The molecule has 1 saturated carbocycles. The first-order chi connectivity index (χ1) is 10.7. The lowest BCUT2D eigenvalue weighted by Gasteiger charge is -2.54. The molecule has 1 fully saturated rings. The summed E-state index contributed by atoms with van der Waals surface area (Å²) in [4.78, 5) is 11.2. The number of hydrogen-bond acceptors (Lipinski definition) is 1. The van der Waals surface area contributed by atoms with Gasteiger partial charge < -0.3 is 0 Å². The number of carbonyl (C=O) groups is 1. The molecule has 0 saturated heterocycles. The van der Waals surface area contributed by atoms with Crippen LogP contribution in [-0.2, 0) is 4.79 Å². The maximum absolute atomic E-state index is 11.2. The molecule has 0 heterocycles. The molecule has 1 nitrogen and oxygen atoms in total. The van der Waals surface area contributed by atoms with Gasteiger partial charge in [-0.2, -0.15) is 0 Å². The van der Waals surface area contributed by atoms with E-state index in [0.717, 1.165) is 6.42 Å². The van der Waals surface area contributed by atoms with Crippen LogP contribution in [0, 0.1) is 16.7 Å². The van der Waals surface area contributed by atoms with E-state index in [1.165, 1.54) is 25.7 Å². The van der Waals surface area contributed by atoms with Crippen LogP contribution in [0.5, 0.6) is 0 Å². The molecule has 23 heavy (non-hydrogen) atoms. The van der Waals surface area contributed by atoms with E-state index in [2.05, 4.69) is 41.5 Å². The molecular formula is C22H50O. The number of ketones is 1. The van der Waals surface area contributed by atoms with Gasteiger partial charge in [0.15, 0.2) is 0 Å². The Labute approximate surface area is 150 Å². The Morgan fingerprint density at radius 1 is 0.913 bits per heavy atom. The largest absolute Gasteiger partial charge is 0.300 e. The van der Waals surface area contributed by atoms with E-state index in [1.54, 1.807) is 6.92 Å². The minimum Gasteiger partial charge on any atom is -0.300 e. The molecule has 144 valence electrons. The monoisotopic (exact) mass is 330 g/mol. The van der Waals surface area contributed by atoms with E-state index >= 15 is 0 Å². The van der Waals surface area contributed by atoms with Crippen LogP contribution >= 0.6 is 0 Å². The second-order valence-corrected chi connectivity index (χ2v) is 6.79. The lowest BCUT2D eigenvalue weighted by Crippen LogP contribution is -2.44. The van der Waals surface area contributed by atoms with Crippen LogP contribution in [0.2, 0.25) is 0 Å². The molecule has 0 spiro atoms. The maximum atomic E-state index is 11.2. The van der Waals surface area contributed by atoms with Crippen LogP contribution in [0.4, 0.5) is 0 Å². The summed E-state index contributed by atoms with van der Waals surface area (Å²) in [6.07, 6.45) is 6.18. The molecule has 0 aliphatic heterocycles. The summed E-state index contributed by atoms with van der Waals surface area (Å²) >= 11 is 0. The van der Waals surface area contributed by atoms with Crippen LogP contribution in [0.1, 0.15) is 122 Å². The normalized spacial score (nSPS) is 16.9. The van der Waals surface area contributed by atoms with Crippen molar-refractivity contribution in [1.29, 1.82) is 0 Å². The van der Waals surface area contributed by atoms with Gasteiger partial charge in [-0.1, -0.05) is 95.9 Å². The molecule has 1 atom stereocenters. The topological polar surface area (TPSA) is 17.1 Å². The highest BCUT2D eigenvalue weighted by Gasteiger charge is 2.48. The highest BCUT2D eigenvalue weighted by molar-refractivity contribution is 5.77. The number of hydrogen-bond donors (Lipinski definition) is 0. The summed E-state index contributed by atoms with van der Waals surface area (Å²) in [6.45, 7) is 27.0. The van der Waals surface area contributed by atoms with Crippen molar-refractivity contribution in [2.24, 2.45) is 16.7 Å². The minimum atomic E-state index is 0.256. The Morgan fingerprint density at radius 2 is 1.22 bits per heavy atom. The molecule has 0 amide bonds. The van der Waals surface area contributed by atoms with Crippen molar-refractivity contribution in [3.05, 3.63) is 0 Å². The van der Waals surface area contributed by atoms with E-state index in [-0.39, 0.29) is 5.92 Å². The van der Waals surface area contributed by atoms with Gasteiger partial charge in [-0.05, 0) is 37.0 Å². The molecule has 0 bridgehead atoms. The molecule has 1 aliphatic rings. The predicted molar refractivity (Wildman–Crippen MR) is 110 cm³/mol. The smallest absolute Gasteiger partial charge is 0.132 e. The first kappa shape index (κ1) is 30.5. The minimum absolute atomic E-state index is 0.256. The van der Waals surface area contributed by atoms with Crippen LogP contribution in [0.25, 0.3) is 0 Å². The van der Waals surface area contributed by atoms with Gasteiger partial charge >= 0.3 is 0 Å². The van der Waals surface area contributed by atoms with Crippen LogP contribution in [0.15, 0.2) is 0 Å². The predicted octanol–water partition coefficient (Wildman–Crippen LogP) is 8.31. The molecule has 0 N–H and O–H groups in total. The third-order valence-electron chi connectivity index (χ3n) is 3.89. The average Bonchev–Trinajstić information content (AvgIpc) is 2.51. The fraction of sp³-hybridized carbons (Fsp3) is 0.955. The van der Waals surface area contributed by atoms with E-state index in [9.17, 15) is 4.79 Å². The number of rotatable bonds is 4.